The zero-order chi connectivity index (χ0) is 29.7. The molecular formula is C40H62O3. The van der Waals surface area contributed by atoms with Gasteiger partial charge >= 0.3 is 0 Å². The first-order chi connectivity index (χ1) is 19.9. The van der Waals surface area contributed by atoms with E-state index in [1.54, 1.807) is 5.57 Å². The molecule has 1 N–H and O–H groups in total. The van der Waals surface area contributed by atoms with Crippen LogP contribution in [0, 0.1) is 63.1 Å². The average molecular weight is 591 g/mol. The molecule has 240 valence electrons. The standard InChI is InChI=1S/C20H30O.C19H28O2.CH4/c1-13-8-10-19(2)14(12-13)4-5-15-16-6-7-18(21)20(16,3)11-9-17(15)19;1-18-9-7-13(20)11-12(18)3-4-14-15-5-6-17(21)19(15,2)10-8-16(14)18;/h4,13,15-17H,5-12H2,1-3H3;3,13-16,20H,4-11H2,1-2H3;1H4/t13-,15?,16?,17?,19-,20-;13-,14?,15?,16?,18-,19-;/m00./s1. The lowest BCUT2D eigenvalue weighted by molar-refractivity contribution is -0.132. The third kappa shape index (κ3) is 4.66. The summed E-state index contributed by atoms with van der Waals surface area (Å²) in [7, 11) is 0. The largest absolute Gasteiger partial charge is 0.393 e. The summed E-state index contributed by atoms with van der Waals surface area (Å²) in [5, 5.41) is 10.00. The van der Waals surface area contributed by atoms with Crippen molar-refractivity contribution in [2.24, 2.45) is 63.1 Å². The molecular weight excluding hydrogens is 528 g/mol. The Morgan fingerprint density at radius 3 is 1.53 bits per heavy atom. The van der Waals surface area contributed by atoms with E-state index < -0.39 is 0 Å². The average Bonchev–Trinajstić information content (AvgIpc) is 3.44. The summed E-state index contributed by atoms with van der Waals surface area (Å²) >= 11 is 0. The van der Waals surface area contributed by atoms with Gasteiger partial charge in [0.05, 0.1) is 6.10 Å². The Morgan fingerprint density at radius 1 is 0.605 bits per heavy atom. The number of ketones is 2. The summed E-state index contributed by atoms with van der Waals surface area (Å²) < 4.78 is 0. The van der Waals surface area contributed by atoms with Crippen molar-refractivity contribution in [3.8, 4) is 0 Å². The van der Waals surface area contributed by atoms with E-state index in [1.165, 1.54) is 50.5 Å². The fraction of sp³-hybridized carbons (Fsp3) is 0.850. The van der Waals surface area contributed by atoms with Crippen molar-refractivity contribution in [2.45, 2.75) is 151 Å². The molecule has 3 heteroatoms. The molecule has 0 amide bonds. The van der Waals surface area contributed by atoms with Gasteiger partial charge in [-0.1, -0.05) is 65.3 Å². The molecule has 0 aromatic heterocycles. The highest BCUT2D eigenvalue weighted by Crippen LogP contribution is 2.65. The number of carbonyl (C=O) groups is 2. The molecule has 8 aliphatic carbocycles. The van der Waals surface area contributed by atoms with Gasteiger partial charge in [-0.2, -0.15) is 0 Å². The third-order valence-corrected chi connectivity index (χ3v) is 15.8. The van der Waals surface area contributed by atoms with Gasteiger partial charge in [0.15, 0.2) is 0 Å². The van der Waals surface area contributed by atoms with Crippen LogP contribution in [0.3, 0.4) is 0 Å². The second-order valence-electron chi connectivity index (χ2n) is 17.6. The number of hydrogen-bond donors (Lipinski definition) is 1. The van der Waals surface area contributed by atoms with Gasteiger partial charge in [0, 0.05) is 23.7 Å². The highest BCUT2D eigenvalue weighted by molar-refractivity contribution is 5.87. The maximum absolute atomic E-state index is 12.4. The smallest absolute Gasteiger partial charge is 0.139 e. The van der Waals surface area contributed by atoms with Crippen LogP contribution in [-0.4, -0.2) is 22.8 Å². The van der Waals surface area contributed by atoms with Crippen LogP contribution in [0.5, 0.6) is 0 Å². The lowest BCUT2D eigenvalue weighted by atomic mass is 9.47. The number of rotatable bonds is 0. The number of aliphatic hydroxyl groups is 1. The molecule has 43 heavy (non-hydrogen) atoms. The molecule has 12 atom stereocenters. The van der Waals surface area contributed by atoms with E-state index in [2.05, 4.69) is 46.8 Å². The number of allylic oxidation sites excluding steroid dienone is 3. The second kappa shape index (κ2) is 10.9. The summed E-state index contributed by atoms with van der Waals surface area (Å²) in [6.07, 6.45) is 23.2. The zero-order valence-electron chi connectivity index (χ0n) is 27.4. The first-order valence-electron chi connectivity index (χ1n) is 18.0. The van der Waals surface area contributed by atoms with Crippen molar-refractivity contribution in [1.82, 2.24) is 0 Å². The molecule has 6 saturated carbocycles. The summed E-state index contributed by atoms with van der Waals surface area (Å²) in [5.74, 6) is 6.37. The SMILES string of the molecule is C.C[C@H]1CC[C@@]2(C)C(=CCC3C2CC[C@]2(C)C(=O)CCC32)C1.C[C@]12CC[C@H](O)CC1=CCC1C2CC[C@]2(C)C(=O)CCC12. The Balaban J connectivity index is 0.000000150. The van der Waals surface area contributed by atoms with Crippen LogP contribution < -0.4 is 0 Å². The van der Waals surface area contributed by atoms with E-state index in [9.17, 15) is 14.7 Å². The van der Waals surface area contributed by atoms with E-state index >= 15 is 0 Å². The minimum atomic E-state index is -0.122. The molecule has 0 heterocycles. The Hall–Kier alpha value is -1.22. The van der Waals surface area contributed by atoms with Gasteiger partial charge in [-0.15, -0.1) is 0 Å². The minimum absolute atomic E-state index is 0. The van der Waals surface area contributed by atoms with E-state index in [1.807, 2.05) is 0 Å². The number of aliphatic hydroxyl groups excluding tert-OH is 1. The topological polar surface area (TPSA) is 54.4 Å². The van der Waals surface area contributed by atoms with Crippen molar-refractivity contribution in [3.05, 3.63) is 23.3 Å². The molecule has 0 bridgehead atoms. The number of carbonyl (C=O) groups excluding carboxylic acids is 2. The normalized spacial score (nSPS) is 51.5. The van der Waals surface area contributed by atoms with Crippen LogP contribution in [0.25, 0.3) is 0 Å². The maximum Gasteiger partial charge on any atom is 0.139 e. The molecule has 0 aliphatic heterocycles. The fourth-order valence-electron chi connectivity index (χ4n) is 13.0. The number of fused-ring (bicyclic) bond motifs is 10. The quantitative estimate of drug-likeness (QED) is 0.286. The van der Waals surface area contributed by atoms with Gasteiger partial charge < -0.3 is 5.11 Å². The molecule has 6 fully saturated rings. The maximum atomic E-state index is 12.4. The summed E-state index contributed by atoms with van der Waals surface area (Å²) in [6.45, 7) is 11.9. The molecule has 0 radical (unpaired) electrons. The Kier molecular flexibility index (Phi) is 8.08. The molecule has 0 aromatic rings. The van der Waals surface area contributed by atoms with Gasteiger partial charge in [0.2, 0.25) is 0 Å². The highest BCUT2D eigenvalue weighted by atomic mass is 16.3. The Labute approximate surface area is 263 Å². The first-order valence-corrected chi connectivity index (χ1v) is 18.0. The van der Waals surface area contributed by atoms with Crippen molar-refractivity contribution in [3.63, 3.8) is 0 Å². The monoisotopic (exact) mass is 590 g/mol. The summed E-state index contributed by atoms with van der Waals surface area (Å²) in [4.78, 5) is 24.8. The van der Waals surface area contributed by atoms with E-state index in [-0.39, 0.29) is 24.4 Å². The Bertz CT molecular complexity index is 1100. The lowest BCUT2D eigenvalue weighted by Crippen LogP contribution is -2.50. The number of Topliss-reactive ketones (excluding diaryl/α,β-unsaturated/α-hetero) is 2. The predicted molar refractivity (Wildman–Crippen MR) is 175 cm³/mol. The van der Waals surface area contributed by atoms with Crippen LogP contribution in [0.4, 0.5) is 0 Å². The molecule has 6 unspecified atom stereocenters. The van der Waals surface area contributed by atoms with E-state index in [0.29, 0.717) is 40.2 Å². The summed E-state index contributed by atoms with van der Waals surface area (Å²) in [5.41, 5.74) is 4.07. The molecule has 0 aromatic carbocycles. The van der Waals surface area contributed by atoms with E-state index in [4.69, 9.17) is 0 Å². The van der Waals surface area contributed by atoms with Gasteiger partial charge in [-0.05, 0) is 142 Å². The van der Waals surface area contributed by atoms with Crippen molar-refractivity contribution >= 4 is 11.6 Å². The van der Waals surface area contributed by atoms with Gasteiger partial charge in [0.25, 0.3) is 0 Å². The second-order valence-corrected chi connectivity index (χ2v) is 17.6. The third-order valence-electron chi connectivity index (χ3n) is 15.8. The zero-order valence-corrected chi connectivity index (χ0v) is 27.4. The molecule has 8 rings (SSSR count). The predicted octanol–water partition coefficient (Wildman–Crippen LogP) is 9.67. The number of hydrogen-bond acceptors (Lipinski definition) is 3. The minimum Gasteiger partial charge on any atom is -0.393 e. The Morgan fingerprint density at radius 2 is 1.02 bits per heavy atom. The van der Waals surface area contributed by atoms with Crippen molar-refractivity contribution in [1.29, 1.82) is 0 Å². The van der Waals surface area contributed by atoms with Crippen molar-refractivity contribution < 1.29 is 14.7 Å². The van der Waals surface area contributed by atoms with Crippen LogP contribution >= 0.6 is 0 Å². The van der Waals surface area contributed by atoms with Crippen LogP contribution in [0.1, 0.15) is 145 Å². The molecule has 8 aliphatic rings. The van der Waals surface area contributed by atoms with Gasteiger partial charge in [-0.3, -0.25) is 9.59 Å². The van der Waals surface area contributed by atoms with Crippen molar-refractivity contribution in [2.75, 3.05) is 0 Å². The van der Waals surface area contributed by atoms with Crippen LogP contribution in [0.2, 0.25) is 0 Å². The summed E-state index contributed by atoms with van der Waals surface area (Å²) in [6, 6.07) is 0. The lowest BCUT2D eigenvalue weighted by Gasteiger charge is -2.57. The molecule has 0 saturated heterocycles. The highest BCUT2D eigenvalue weighted by Gasteiger charge is 2.60. The fourth-order valence-corrected chi connectivity index (χ4v) is 13.0. The van der Waals surface area contributed by atoms with Crippen LogP contribution in [0.15, 0.2) is 23.3 Å². The van der Waals surface area contributed by atoms with Gasteiger partial charge in [0.1, 0.15) is 11.6 Å². The molecule has 0 spiro atoms. The molecule has 3 nitrogen and oxygen atoms in total. The van der Waals surface area contributed by atoms with E-state index in [0.717, 1.165) is 81.5 Å². The first kappa shape index (κ1) is 31.7. The van der Waals surface area contributed by atoms with Gasteiger partial charge in [-0.25, -0.2) is 0 Å². The van der Waals surface area contributed by atoms with Crippen LogP contribution in [-0.2, 0) is 9.59 Å².